The van der Waals surface area contributed by atoms with Crippen LogP contribution >= 0.6 is 0 Å². The first-order valence-corrected chi connectivity index (χ1v) is 8.70. The van der Waals surface area contributed by atoms with Gasteiger partial charge in [-0.15, -0.1) is 0 Å². The fraction of sp³-hybridized carbons (Fsp3) is 0.261. The number of benzene rings is 2. The molecule has 124 valence electrons. The van der Waals surface area contributed by atoms with Crippen molar-refractivity contribution in [2.75, 3.05) is 0 Å². The van der Waals surface area contributed by atoms with Gasteiger partial charge in [0.15, 0.2) is 0 Å². The number of nitriles is 1. The molecule has 1 heterocycles. The molecule has 0 fully saturated rings. The van der Waals surface area contributed by atoms with E-state index in [4.69, 9.17) is 9.68 Å². The number of allylic oxidation sites excluding steroid dienone is 1. The van der Waals surface area contributed by atoms with Gasteiger partial charge in [-0.3, -0.25) is 0 Å². The molecule has 1 aliphatic carbocycles. The van der Waals surface area contributed by atoms with Crippen LogP contribution in [0.15, 0.2) is 53.0 Å². The molecule has 1 atom stereocenters. The van der Waals surface area contributed by atoms with E-state index in [-0.39, 0.29) is 11.3 Å². The van der Waals surface area contributed by atoms with E-state index in [1.807, 2.05) is 18.2 Å². The summed E-state index contributed by atoms with van der Waals surface area (Å²) >= 11 is 0. The van der Waals surface area contributed by atoms with Crippen LogP contribution in [0, 0.1) is 17.2 Å². The molecule has 2 nitrogen and oxygen atoms in total. The van der Waals surface area contributed by atoms with Gasteiger partial charge in [0.05, 0.1) is 12.0 Å². The zero-order chi connectivity index (χ0) is 17.6. The van der Waals surface area contributed by atoms with E-state index in [0.29, 0.717) is 6.42 Å². The van der Waals surface area contributed by atoms with Gasteiger partial charge in [-0.2, -0.15) is 5.26 Å². The Morgan fingerprint density at radius 1 is 1.08 bits per heavy atom. The van der Waals surface area contributed by atoms with Crippen molar-refractivity contribution in [2.24, 2.45) is 5.92 Å². The van der Waals surface area contributed by atoms with Gasteiger partial charge in [-0.05, 0) is 34.2 Å². The molecule has 0 spiro atoms. The molecule has 2 aromatic carbocycles. The van der Waals surface area contributed by atoms with Gasteiger partial charge in [0.25, 0.3) is 0 Å². The van der Waals surface area contributed by atoms with Crippen LogP contribution in [0.25, 0.3) is 28.2 Å². The zero-order valence-corrected chi connectivity index (χ0v) is 14.8. The first-order chi connectivity index (χ1) is 12.0. The molecule has 0 N–H and O–H groups in total. The maximum atomic E-state index is 9.13. The average molecular weight is 327 g/mol. The maximum absolute atomic E-state index is 9.13. The van der Waals surface area contributed by atoms with Gasteiger partial charge >= 0.3 is 0 Å². The number of furan rings is 1. The van der Waals surface area contributed by atoms with Crippen molar-refractivity contribution in [1.29, 1.82) is 5.26 Å². The Kier molecular flexibility index (Phi) is 3.54. The minimum Gasteiger partial charge on any atom is -0.460 e. The van der Waals surface area contributed by atoms with E-state index in [0.717, 1.165) is 22.3 Å². The fourth-order valence-electron chi connectivity index (χ4n) is 3.42. The van der Waals surface area contributed by atoms with Crippen molar-refractivity contribution < 1.29 is 4.42 Å². The van der Waals surface area contributed by atoms with E-state index < -0.39 is 0 Å². The first kappa shape index (κ1) is 15.7. The summed E-state index contributed by atoms with van der Waals surface area (Å²) in [6, 6.07) is 17.4. The zero-order valence-electron chi connectivity index (χ0n) is 14.8. The minimum atomic E-state index is -0.0870. The molecule has 3 aromatic rings. The van der Waals surface area contributed by atoms with Crippen molar-refractivity contribution in [2.45, 2.75) is 32.6 Å². The molecule has 1 aromatic heterocycles. The fourth-order valence-corrected chi connectivity index (χ4v) is 3.42. The lowest BCUT2D eigenvalue weighted by Crippen LogP contribution is -2.10. The molecule has 0 saturated heterocycles. The largest absolute Gasteiger partial charge is 0.460 e. The summed E-state index contributed by atoms with van der Waals surface area (Å²) < 4.78 is 5.99. The molecule has 0 radical (unpaired) electrons. The average Bonchev–Trinajstić information content (AvgIpc) is 2.97. The molecule has 0 amide bonds. The Morgan fingerprint density at radius 2 is 1.88 bits per heavy atom. The second-order valence-corrected chi connectivity index (χ2v) is 7.78. The van der Waals surface area contributed by atoms with Crippen LogP contribution in [0.1, 0.15) is 37.7 Å². The standard InChI is InChI=1S/C23H21NO/c1-23(2,3)18-6-4-5-16(12-18)17-8-10-21-20(13-17)19-9-7-15(14-24)11-22(19)25-21/h4-10,12-13,15H,11H2,1-3H3. The van der Waals surface area contributed by atoms with E-state index in [2.05, 4.69) is 63.2 Å². The topological polar surface area (TPSA) is 36.9 Å². The Morgan fingerprint density at radius 3 is 2.64 bits per heavy atom. The van der Waals surface area contributed by atoms with Crippen LogP contribution in [-0.2, 0) is 11.8 Å². The van der Waals surface area contributed by atoms with Crippen molar-refractivity contribution in [3.63, 3.8) is 0 Å². The lowest BCUT2D eigenvalue weighted by Gasteiger charge is -2.19. The van der Waals surface area contributed by atoms with Crippen molar-refractivity contribution in [1.82, 2.24) is 0 Å². The van der Waals surface area contributed by atoms with Crippen LogP contribution < -0.4 is 0 Å². The number of hydrogen-bond acceptors (Lipinski definition) is 2. The molecule has 1 unspecified atom stereocenters. The summed E-state index contributed by atoms with van der Waals surface area (Å²) in [6.45, 7) is 6.70. The third-order valence-corrected chi connectivity index (χ3v) is 4.93. The molecule has 1 aliphatic rings. The lowest BCUT2D eigenvalue weighted by atomic mass is 9.85. The molecule has 2 heteroatoms. The lowest BCUT2D eigenvalue weighted by molar-refractivity contribution is 0.528. The number of hydrogen-bond donors (Lipinski definition) is 0. The van der Waals surface area contributed by atoms with Crippen molar-refractivity contribution in [3.8, 4) is 17.2 Å². The number of fused-ring (bicyclic) bond motifs is 3. The molecule has 0 aliphatic heterocycles. The van der Waals surface area contributed by atoms with Crippen LogP contribution in [0.4, 0.5) is 0 Å². The smallest absolute Gasteiger partial charge is 0.134 e. The van der Waals surface area contributed by atoms with Crippen LogP contribution in [-0.4, -0.2) is 0 Å². The first-order valence-electron chi connectivity index (χ1n) is 8.70. The predicted octanol–water partition coefficient (Wildman–Crippen LogP) is 6.11. The third kappa shape index (κ3) is 2.76. The molecule has 4 rings (SSSR count). The highest BCUT2D eigenvalue weighted by molar-refractivity contribution is 5.92. The molecule has 25 heavy (non-hydrogen) atoms. The Hall–Kier alpha value is -2.79. The van der Waals surface area contributed by atoms with Crippen LogP contribution in [0.5, 0.6) is 0 Å². The van der Waals surface area contributed by atoms with Gasteiger partial charge in [0, 0.05) is 17.4 Å². The molecular formula is C23H21NO. The normalized spacial score (nSPS) is 16.6. The summed E-state index contributed by atoms with van der Waals surface area (Å²) in [4.78, 5) is 0. The summed E-state index contributed by atoms with van der Waals surface area (Å²) in [6.07, 6.45) is 4.67. The number of rotatable bonds is 1. The molecular weight excluding hydrogens is 306 g/mol. The Labute approximate surface area is 148 Å². The van der Waals surface area contributed by atoms with Gasteiger partial charge < -0.3 is 4.42 Å². The van der Waals surface area contributed by atoms with Gasteiger partial charge in [-0.25, -0.2) is 0 Å². The van der Waals surface area contributed by atoms with Crippen LogP contribution in [0.3, 0.4) is 0 Å². The van der Waals surface area contributed by atoms with Crippen molar-refractivity contribution >= 4 is 17.0 Å². The number of nitrogens with zero attached hydrogens (tertiary/aromatic N) is 1. The third-order valence-electron chi connectivity index (χ3n) is 4.93. The second kappa shape index (κ2) is 5.63. The predicted molar refractivity (Wildman–Crippen MR) is 102 cm³/mol. The molecule has 0 bridgehead atoms. The van der Waals surface area contributed by atoms with E-state index >= 15 is 0 Å². The monoisotopic (exact) mass is 327 g/mol. The molecule has 0 saturated carbocycles. The highest BCUT2D eigenvalue weighted by Gasteiger charge is 2.20. The highest BCUT2D eigenvalue weighted by Crippen LogP contribution is 2.36. The summed E-state index contributed by atoms with van der Waals surface area (Å²) in [5, 5.41) is 10.3. The van der Waals surface area contributed by atoms with Crippen molar-refractivity contribution in [3.05, 3.63) is 65.4 Å². The van der Waals surface area contributed by atoms with Gasteiger partial charge in [-0.1, -0.05) is 63.3 Å². The quantitative estimate of drug-likeness (QED) is 0.541. The van der Waals surface area contributed by atoms with Crippen LogP contribution in [0.2, 0.25) is 0 Å². The van der Waals surface area contributed by atoms with E-state index in [1.54, 1.807) is 0 Å². The van der Waals surface area contributed by atoms with E-state index in [9.17, 15) is 0 Å². The minimum absolute atomic E-state index is 0.0870. The maximum Gasteiger partial charge on any atom is 0.134 e. The Bertz CT molecular complexity index is 1020. The summed E-state index contributed by atoms with van der Waals surface area (Å²) in [5.74, 6) is 0.834. The summed E-state index contributed by atoms with van der Waals surface area (Å²) in [7, 11) is 0. The van der Waals surface area contributed by atoms with Gasteiger partial charge in [0.1, 0.15) is 11.3 Å². The van der Waals surface area contributed by atoms with E-state index in [1.165, 1.54) is 16.7 Å². The Balaban J connectivity index is 1.82. The van der Waals surface area contributed by atoms with Gasteiger partial charge in [0.2, 0.25) is 0 Å². The highest BCUT2D eigenvalue weighted by atomic mass is 16.3. The second-order valence-electron chi connectivity index (χ2n) is 7.78. The SMILES string of the molecule is CC(C)(C)c1cccc(-c2ccc3oc4c(c3c2)C=CC(C#N)C4)c1. The summed E-state index contributed by atoms with van der Waals surface area (Å²) in [5.41, 5.74) is 5.89.